The minimum atomic E-state index is -0.957. The summed E-state index contributed by atoms with van der Waals surface area (Å²) in [5, 5.41) is 5.83. The number of rotatable bonds is 8. The van der Waals surface area contributed by atoms with Crippen LogP contribution in [0.2, 0.25) is 0 Å². The Balaban J connectivity index is 1.66. The Morgan fingerprint density at radius 3 is 2.17 bits per heavy atom. The molecule has 0 bridgehead atoms. The van der Waals surface area contributed by atoms with Gasteiger partial charge in [-0.05, 0) is 67.1 Å². The van der Waals surface area contributed by atoms with Crippen LogP contribution in [0.3, 0.4) is 0 Å². The quantitative estimate of drug-likeness (QED) is 0.354. The molecule has 3 aromatic carbocycles. The van der Waals surface area contributed by atoms with E-state index in [-0.39, 0.29) is 22.8 Å². The number of carbonyl (C=O) groups excluding carboxylic acids is 2. The number of methoxy groups -OCH3 is 1. The summed E-state index contributed by atoms with van der Waals surface area (Å²) in [6.07, 6.45) is -0.648. The van der Waals surface area contributed by atoms with Crippen LogP contribution in [0.15, 0.2) is 82.0 Å². The van der Waals surface area contributed by atoms with E-state index < -0.39 is 12.0 Å². The molecule has 1 atom stereocenters. The van der Waals surface area contributed by atoms with Gasteiger partial charge in [0, 0.05) is 23.9 Å². The van der Waals surface area contributed by atoms with Gasteiger partial charge in [0.1, 0.15) is 11.3 Å². The number of carbonyl (C=O) groups is 2. The van der Waals surface area contributed by atoms with Gasteiger partial charge in [-0.1, -0.05) is 19.1 Å². The first-order valence-corrected chi connectivity index (χ1v) is 11.4. The summed E-state index contributed by atoms with van der Waals surface area (Å²) in [6, 6.07) is 20.6. The van der Waals surface area contributed by atoms with Crippen LogP contribution in [0.1, 0.15) is 20.3 Å². The summed E-state index contributed by atoms with van der Waals surface area (Å²) in [5.41, 5.74) is 1.79. The molecule has 1 unspecified atom stereocenters. The van der Waals surface area contributed by atoms with E-state index in [1.807, 2.05) is 0 Å². The highest BCUT2D eigenvalue weighted by Gasteiger charge is 2.25. The monoisotopic (exact) mass is 486 g/mol. The van der Waals surface area contributed by atoms with Crippen molar-refractivity contribution in [2.75, 3.05) is 17.7 Å². The molecule has 2 amide bonds. The van der Waals surface area contributed by atoms with E-state index in [0.29, 0.717) is 40.1 Å². The van der Waals surface area contributed by atoms with Crippen molar-refractivity contribution in [3.8, 4) is 22.8 Å². The van der Waals surface area contributed by atoms with Crippen LogP contribution in [0.5, 0.6) is 11.5 Å². The van der Waals surface area contributed by atoms with Gasteiger partial charge in [0.05, 0.1) is 12.5 Å². The van der Waals surface area contributed by atoms with E-state index in [1.54, 1.807) is 86.8 Å². The molecular weight excluding hydrogens is 460 g/mol. The second-order valence-electron chi connectivity index (χ2n) is 8.08. The third kappa shape index (κ3) is 5.38. The number of hydrogen-bond acceptors (Lipinski definition) is 6. The molecule has 184 valence electrons. The maximum absolute atomic E-state index is 13.4. The fourth-order valence-corrected chi connectivity index (χ4v) is 3.69. The molecule has 36 heavy (non-hydrogen) atoms. The first-order valence-electron chi connectivity index (χ1n) is 11.4. The standard InChI is InChI=1S/C28H26N2O6/c1-4-23(28(33)30-20-13-11-19(12-14-20)29-17(2)31)35-27-25(32)22-7-5-6-8-24(22)36-26(27)18-9-15-21(34-3)16-10-18/h5-16,23H,4H2,1-3H3,(H,29,31)(H,30,33). The molecule has 8 nitrogen and oxygen atoms in total. The Hall–Kier alpha value is -4.59. The van der Waals surface area contributed by atoms with E-state index in [0.717, 1.165) is 0 Å². The Kier molecular flexibility index (Phi) is 7.34. The summed E-state index contributed by atoms with van der Waals surface area (Å²) in [5.74, 6) is 0.236. The highest BCUT2D eigenvalue weighted by Crippen LogP contribution is 2.33. The molecule has 4 aromatic rings. The lowest BCUT2D eigenvalue weighted by molar-refractivity contribution is -0.122. The van der Waals surface area contributed by atoms with Crippen LogP contribution in [0.25, 0.3) is 22.3 Å². The van der Waals surface area contributed by atoms with Crippen molar-refractivity contribution in [2.45, 2.75) is 26.4 Å². The van der Waals surface area contributed by atoms with Gasteiger partial charge >= 0.3 is 0 Å². The smallest absolute Gasteiger partial charge is 0.265 e. The fraction of sp³-hybridized carbons (Fsp3) is 0.179. The predicted molar refractivity (Wildman–Crippen MR) is 139 cm³/mol. The van der Waals surface area contributed by atoms with Gasteiger partial charge < -0.3 is 24.5 Å². The largest absolute Gasteiger partial charge is 0.497 e. The van der Waals surface area contributed by atoms with Crippen LogP contribution >= 0.6 is 0 Å². The van der Waals surface area contributed by atoms with Gasteiger partial charge in [-0.25, -0.2) is 0 Å². The number of para-hydroxylation sites is 1. The maximum atomic E-state index is 13.4. The third-order valence-electron chi connectivity index (χ3n) is 5.50. The van der Waals surface area contributed by atoms with Crippen LogP contribution in [-0.2, 0) is 9.59 Å². The molecule has 0 radical (unpaired) electrons. The number of amides is 2. The minimum absolute atomic E-state index is 0.0399. The van der Waals surface area contributed by atoms with Crippen molar-refractivity contribution in [3.63, 3.8) is 0 Å². The predicted octanol–water partition coefficient (Wildman–Crippen LogP) is 5.22. The van der Waals surface area contributed by atoms with Crippen LogP contribution in [-0.4, -0.2) is 25.0 Å². The lowest BCUT2D eigenvalue weighted by Crippen LogP contribution is -2.34. The highest BCUT2D eigenvalue weighted by atomic mass is 16.5. The number of anilines is 2. The Bertz CT molecular complexity index is 1440. The minimum Gasteiger partial charge on any atom is -0.497 e. The van der Waals surface area contributed by atoms with Gasteiger partial charge in [0.2, 0.25) is 17.1 Å². The summed E-state index contributed by atoms with van der Waals surface area (Å²) in [6.45, 7) is 3.21. The summed E-state index contributed by atoms with van der Waals surface area (Å²) in [7, 11) is 1.57. The number of benzene rings is 3. The number of hydrogen-bond donors (Lipinski definition) is 2. The Morgan fingerprint density at radius 1 is 0.917 bits per heavy atom. The van der Waals surface area contributed by atoms with E-state index in [1.165, 1.54) is 6.92 Å². The van der Waals surface area contributed by atoms with Crippen molar-refractivity contribution >= 4 is 34.2 Å². The Morgan fingerprint density at radius 2 is 1.56 bits per heavy atom. The molecule has 4 rings (SSSR count). The average Bonchev–Trinajstić information content (AvgIpc) is 2.89. The van der Waals surface area contributed by atoms with Crippen molar-refractivity contribution in [1.82, 2.24) is 0 Å². The molecule has 0 fully saturated rings. The van der Waals surface area contributed by atoms with Crippen molar-refractivity contribution in [2.24, 2.45) is 0 Å². The normalized spacial score (nSPS) is 11.5. The van der Waals surface area contributed by atoms with Crippen molar-refractivity contribution in [3.05, 3.63) is 83.0 Å². The molecule has 0 aliphatic heterocycles. The van der Waals surface area contributed by atoms with Gasteiger partial charge in [-0.15, -0.1) is 0 Å². The van der Waals surface area contributed by atoms with Crippen LogP contribution < -0.4 is 25.5 Å². The Labute approximate surface area is 207 Å². The van der Waals surface area contributed by atoms with Crippen molar-refractivity contribution < 1.29 is 23.5 Å². The number of fused-ring (bicyclic) bond motifs is 1. The van der Waals surface area contributed by atoms with Crippen LogP contribution in [0, 0.1) is 0 Å². The lowest BCUT2D eigenvalue weighted by Gasteiger charge is -2.19. The second-order valence-corrected chi connectivity index (χ2v) is 8.08. The summed E-state index contributed by atoms with van der Waals surface area (Å²) >= 11 is 0. The third-order valence-corrected chi connectivity index (χ3v) is 5.50. The molecule has 0 aliphatic rings. The topological polar surface area (TPSA) is 107 Å². The maximum Gasteiger partial charge on any atom is 0.265 e. The molecule has 0 aliphatic carbocycles. The zero-order chi connectivity index (χ0) is 25.7. The molecule has 8 heteroatoms. The summed E-state index contributed by atoms with van der Waals surface area (Å²) < 4.78 is 17.4. The molecule has 1 aromatic heterocycles. The molecule has 1 heterocycles. The van der Waals surface area contributed by atoms with Crippen LogP contribution in [0.4, 0.5) is 11.4 Å². The van der Waals surface area contributed by atoms with Gasteiger partial charge in [0.15, 0.2) is 11.9 Å². The fourth-order valence-electron chi connectivity index (χ4n) is 3.69. The number of nitrogens with one attached hydrogen (secondary N) is 2. The highest BCUT2D eigenvalue weighted by molar-refractivity contribution is 5.95. The lowest BCUT2D eigenvalue weighted by atomic mass is 10.1. The average molecular weight is 487 g/mol. The molecular formula is C28H26N2O6. The SMILES string of the molecule is CCC(Oc1c(-c2ccc(OC)cc2)oc2ccccc2c1=O)C(=O)Nc1ccc(NC(C)=O)cc1. The first-order chi connectivity index (χ1) is 17.4. The van der Waals surface area contributed by atoms with Gasteiger partial charge in [-0.2, -0.15) is 0 Å². The second kappa shape index (κ2) is 10.8. The van der Waals surface area contributed by atoms with E-state index in [4.69, 9.17) is 13.9 Å². The zero-order valence-electron chi connectivity index (χ0n) is 20.2. The first kappa shape index (κ1) is 24.5. The van der Waals surface area contributed by atoms with E-state index in [9.17, 15) is 14.4 Å². The van der Waals surface area contributed by atoms with Gasteiger partial charge in [-0.3, -0.25) is 14.4 Å². The number of ether oxygens (including phenoxy) is 2. The van der Waals surface area contributed by atoms with Crippen molar-refractivity contribution in [1.29, 1.82) is 0 Å². The zero-order valence-corrected chi connectivity index (χ0v) is 20.2. The molecule has 0 spiro atoms. The summed E-state index contributed by atoms with van der Waals surface area (Å²) in [4.78, 5) is 37.7. The molecule has 0 saturated carbocycles. The van der Waals surface area contributed by atoms with Gasteiger partial charge in [0.25, 0.3) is 5.91 Å². The van der Waals surface area contributed by atoms with E-state index in [2.05, 4.69) is 10.6 Å². The van der Waals surface area contributed by atoms with E-state index >= 15 is 0 Å². The molecule has 2 N–H and O–H groups in total. The molecule has 0 saturated heterocycles.